The van der Waals surface area contributed by atoms with Crippen molar-refractivity contribution in [3.05, 3.63) is 0 Å². The lowest BCUT2D eigenvalue weighted by molar-refractivity contribution is -0.203. The second-order valence-corrected chi connectivity index (χ2v) is 9.75. The maximum absolute atomic E-state index is 13.4. The molecule has 5 aliphatic carbocycles. The zero-order chi connectivity index (χ0) is 18.1. The Morgan fingerprint density at radius 2 is 2.00 bits per heavy atom. The van der Waals surface area contributed by atoms with Crippen molar-refractivity contribution in [1.82, 2.24) is 4.90 Å². The molecule has 6 aliphatic rings. The number of nitrogens with zero attached hydrogens (tertiary/aromatic N) is 2. The van der Waals surface area contributed by atoms with E-state index in [-0.39, 0.29) is 35.6 Å². The van der Waals surface area contributed by atoms with Gasteiger partial charge in [-0.25, -0.2) is 0 Å². The molecule has 6 heteroatoms. The topological polar surface area (TPSA) is 99.6 Å². The van der Waals surface area contributed by atoms with E-state index in [1.807, 2.05) is 4.90 Å². The number of piperidine rings is 1. The zero-order valence-corrected chi connectivity index (χ0v) is 15.3. The second kappa shape index (κ2) is 5.67. The van der Waals surface area contributed by atoms with E-state index >= 15 is 0 Å². The molecule has 0 aromatic rings. The molecule has 3 N–H and O–H groups in total. The number of nitriles is 1. The number of carbonyl (C=O) groups excluding carboxylic acids is 1. The number of aliphatic hydroxyl groups excluding tert-OH is 1. The minimum absolute atomic E-state index is 0.000748. The van der Waals surface area contributed by atoms with Gasteiger partial charge in [-0.3, -0.25) is 4.79 Å². The third kappa shape index (κ3) is 2.37. The third-order valence-corrected chi connectivity index (χ3v) is 7.99. The number of hydrogen-bond donors (Lipinski definition) is 2. The Morgan fingerprint density at radius 3 is 2.65 bits per heavy atom. The summed E-state index contributed by atoms with van der Waals surface area (Å²) in [5, 5.41) is 18.7. The third-order valence-electron chi connectivity index (χ3n) is 7.99. The molecule has 5 saturated carbocycles. The van der Waals surface area contributed by atoms with Gasteiger partial charge >= 0.3 is 0 Å². The number of aliphatic hydroxyl groups is 1. The van der Waals surface area contributed by atoms with Crippen molar-refractivity contribution in [2.75, 3.05) is 13.2 Å². The highest BCUT2D eigenvalue weighted by Gasteiger charge is 2.63. The first-order valence-electron chi connectivity index (χ1n) is 10.2. The van der Waals surface area contributed by atoms with Crippen molar-refractivity contribution in [3.8, 4) is 6.07 Å². The van der Waals surface area contributed by atoms with Crippen LogP contribution in [-0.4, -0.2) is 52.9 Å². The van der Waals surface area contributed by atoms with Crippen molar-refractivity contribution in [2.24, 2.45) is 28.9 Å². The fraction of sp³-hybridized carbons (Fsp3) is 0.900. The van der Waals surface area contributed by atoms with Crippen molar-refractivity contribution < 1.29 is 14.6 Å². The summed E-state index contributed by atoms with van der Waals surface area (Å²) in [6.07, 6.45) is 8.03. The lowest BCUT2D eigenvalue weighted by Crippen LogP contribution is -2.65. The summed E-state index contributed by atoms with van der Waals surface area (Å²) in [5.41, 5.74) is 6.28. The van der Waals surface area contributed by atoms with E-state index in [1.165, 1.54) is 6.42 Å². The van der Waals surface area contributed by atoms with Gasteiger partial charge in [0.05, 0.1) is 30.9 Å². The van der Waals surface area contributed by atoms with Crippen LogP contribution in [0.4, 0.5) is 0 Å². The zero-order valence-electron chi connectivity index (χ0n) is 15.3. The number of ether oxygens (including phenoxy) is 1. The molecule has 142 valence electrons. The van der Waals surface area contributed by atoms with Gasteiger partial charge in [0.1, 0.15) is 6.04 Å². The van der Waals surface area contributed by atoms with E-state index in [9.17, 15) is 15.2 Å². The van der Waals surface area contributed by atoms with Gasteiger partial charge < -0.3 is 20.5 Å². The van der Waals surface area contributed by atoms with E-state index in [0.717, 1.165) is 44.9 Å². The lowest BCUT2D eigenvalue weighted by Gasteiger charge is -2.63. The smallest absolute Gasteiger partial charge is 0.241 e. The minimum atomic E-state index is -0.527. The summed E-state index contributed by atoms with van der Waals surface area (Å²) in [4.78, 5) is 15.2. The Morgan fingerprint density at radius 1 is 1.27 bits per heavy atom. The lowest BCUT2D eigenvalue weighted by atomic mass is 9.46. The molecule has 6 nitrogen and oxygen atoms in total. The average Bonchev–Trinajstić information content (AvgIpc) is 3.27. The SMILES string of the molecule is N#C[C@@H]1C[C@@H]2C[C@@H]2N1C(=O)[C@@H](N)C12CC3C[C@H](CC(OCCO)(C3)C1)C2. The fourth-order valence-electron chi connectivity index (χ4n) is 7.35. The molecule has 6 fully saturated rings. The van der Waals surface area contributed by atoms with E-state index < -0.39 is 6.04 Å². The van der Waals surface area contributed by atoms with Gasteiger partial charge in [-0.15, -0.1) is 0 Å². The molecule has 6 rings (SSSR count). The summed E-state index contributed by atoms with van der Waals surface area (Å²) in [7, 11) is 0. The summed E-state index contributed by atoms with van der Waals surface area (Å²) < 4.78 is 6.16. The molecule has 0 aromatic heterocycles. The van der Waals surface area contributed by atoms with Crippen LogP contribution in [0.5, 0.6) is 0 Å². The van der Waals surface area contributed by atoms with Crippen LogP contribution in [0.25, 0.3) is 0 Å². The standard InChI is InChI=1S/C20H29N3O3/c21-10-15-4-14-5-16(14)23(15)18(25)17(22)19-6-12-3-13(7-19)9-20(8-12,11-19)26-2-1-24/h12-17,24H,1-9,11,22H2/t12-,13?,14+,15-,16-,17+,19?,20?/m0/s1. The summed E-state index contributed by atoms with van der Waals surface area (Å²) >= 11 is 0. The van der Waals surface area contributed by atoms with Crippen LogP contribution in [0.15, 0.2) is 0 Å². The molecular formula is C20H29N3O3. The minimum Gasteiger partial charge on any atom is -0.394 e. The molecule has 1 aliphatic heterocycles. The van der Waals surface area contributed by atoms with Crippen molar-refractivity contribution in [3.63, 3.8) is 0 Å². The number of amides is 1. The van der Waals surface area contributed by atoms with Crippen LogP contribution in [0, 0.1) is 34.5 Å². The van der Waals surface area contributed by atoms with Gasteiger partial charge in [0.2, 0.25) is 5.91 Å². The highest BCUT2D eigenvalue weighted by Crippen LogP contribution is 2.64. The van der Waals surface area contributed by atoms with Crippen molar-refractivity contribution in [1.29, 1.82) is 5.26 Å². The average molecular weight is 359 g/mol. The highest BCUT2D eigenvalue weighted by molar-refractivity contribution is 5.84. The van der Waals surface area contributed by atoms with Crippen LogP contribution in [0.3, 0.4) is 0 Å². The van der Waals surface area contributed by atoms with Gasteiger partial charge in [0.15, 0.2) is 0 Å². The Kier molecular flexibility index (Phi) is 3.70. The second-order valence-electron chi connectivity index (χ2n) is 9.75. The van der Waals surface area contributed by atoms with Crippen LogP contribution in [0.2, 0.25) is 0 Å². The number of rotatable bonds is 5. The van der Waals surface area contributed by atoms with Crippen molar-refractivity contribution >= 4 is 5.91 Å². The van der Waals surface area contributed by atoms with Gasteiger partial charge in [-0.2, -0.15) is 5.26 Å². The molecule has 26 heavy (non-hydrogen) atoms. The van der Waals surface area contributed by atoms with Crippen LogP contribution in [0.1, 0.15) is 51.4 Å². The maximum atomic E-state index is 13.4. The number of carbonyl (C=O) groups is 1. The first kappa shape index (κ1) is 17.0. The molecule has 4 bridgehead atoms. The molecule has 1 heterocycles. The largest absolute Gasteiger partial charge is 0.394 e. The number of nitrogens with two attached hydrogens (primary N) is 1. The maximum Gasteiger partial charge on any atom is 0.241 e. The van der Waals surface area contributed by atoms with Crippen molar-refractivity contribution in [2.45, 2.75) is 75.1 Å². The normalized spacial score (nSPS) is 49.0. The Bertz CT molecular complexity index is 645. The van der Waals surface area contributed by atoms with E-state index in [4.69, 9.17) is 10.5 Å². The summed E-state index contributed by atoms with van der Waals surface area (Å²) in [6, 6.07) is 1.76. The monoisotopic (exact) mass is 359 g/mol. The predicted molar refractivity (Wildman–Crippen MR) is 93.6 cm³/mol. The van der Waals surface area contributed by atoms with Gasteiger partial charge in [0.25, 0.3) is 0 Å². The van der Waals surface area contributed by atoms with Gasteiger partial charge in [-0.05, 0) is 74.5 Å². The summed E-state index contributed by atoms with van der Waals surface area (Å²) in [6.45, 7) is 0.404. The molecule has 8 atom stereocenters. The molecule has 3 unspecified atom stereocenters. The quantitative estimate of drug-likeness (QED) is 0.768. The highest BCUT2D eigenvalue weighted by atomic mass is 16.5. The Labute approximate surface area is 154 Å². The Balaban J connectivity index is 1.40. The molecular weight excluding hydrogens is 330 g/mol. The number of likely N-dealkylation sites (tertiary alicyclic amines) is 1. The molecule has 0 aromatic carbocycles. The molecule has 1 saturated heterocycles. The molecule has 1 amide bonds. The number of fused-ring (bicyclic) bond motifs is 1. The fourth-order valence-corrected chi connectivity index (χ4v) is 7.35. The van der Waals surface area contributed by atoms with E-state index in [2.05, 4.69) is 6.07 Å². The first-order chi connectivity index (χ1) is 12.5. The van der Waals surface area contributed by atoms with E-state index in [1.54, 1.807) is 0 Å². The van der Waals surface area contributed by atoms with Crippen LogP contribution in [-0.2, 0) is 9.53 Å². The molecule has 0 spiro atoms. The van der Waals surface area contributed by atoms with Gasteiger partial charge in [0, 0.05) is 6.04 Å². The molecule has 0 radical (unpaired) electrons. The summed E-state index contributed by atoms with van der Waals surface area (Å²) in [5.74, 6) is 1.67. The first-order valence-corrected chi connectivity index (χ1v) is 10.2. The van der Waals surface area contributed by atoms with Crippen LogP contribution < -0.4 is 5.73 Å². The Hall–Kier alpha value is -1.16. The number of hydrogen-bond acceptors (Lipinski definition) is 5. The van der Waals surface area contributed by atoms with E-state index in [0.29, 0.717) is 24.4 Å². The predicted octanol–water partition coefficient (Wildman–Crippen LogP) is 1.17. The van der Waals surface area contributed by atoms with Crippen LogP contribution >= 0.6 is 0 Å². The van der Waals surface area contributed by atoms with Gasteiger partial charge in [-0.1, -0.05) is 0 Å².